The summed E-state index contributed by atoms with van der Waals surface area (Å²) >= 11 is 0. The summed E-state index contributed by atoms with van der Waals surface area (Å²) in [6.07, 6.45) is 5.16. The summed E-state index contributed by atoms with van der Waals surface area (Å²) in [5.41, 5.74) is 7.49. The molecule has 18 heavy (non-hydrogen) atoms. The maximum Gasteiger partial charge on any atom is 0.183 e. The number of hydrogen-bond acceptors (Lipinski definition) is 4. The Kier molecular flexibility index (Phi) is 2.26. The smallest absolute Gasteiger partial charge is 0.183 e. The van der Waals surface area contributed by atoms with E-state index in [9.17, 15) is 0 Å². The highest BCUT2D eigenvalue weighted by atomic mass is 15.3. The second-order valence-corrected chi connectivity index (χ2v) is 3.78. The number of hydrogen-bond donors (Lipinski definition) is 2. The molecule has 3 heterocycles. The molecular weight excluding hydrogens is 228 g/mol. The fourth-order valence-electron chi connectivity index (χ4n) is 1.73. The molecule has 0 unspecified atom stereocenters. The summed E-state index contributed by atoms with van der Waals surface area (Å²) in [7, 11) is 0. The van der Waals surface area contributed by atoms with Gasteiger partial charge in [-0.15, -0.1) is 5.10 Å². The molecule has 3 aromatic rings. The maximum atomic E-state index is 7.52. The number of nitrogens with two attached hydrogens (primary N) is 1. The number of fused-ring (bicyclic) bond motifs is 1. The van der Waals surface area contributed by atoms with Crippen LogP contribution >= 0.6 is 0 Å². The van der Waals surface area contributed by atoms with Gasteiger partial charge in [-0.2, -0.15) is 0 Å². The zero-order valence-electron chi connectivity index (χ0n) is 9.41. The van der Waals surface area contributed by atoms with E-state index in [0.717, 1.165) is 5.56 Å². The van der Waals surface area contributed by atoms with Gasteiger partial charge in [-0.1, -0.05) is 0 Å². The molecule has 0 saturated heterocycles. The minimum atomic E-state index is -0.0225. The van der Waals surface area contributed by atoms with Gasteiger partial charge in [-0.25, -0.2) is 9.50 Å². The minimum Gasteiger partial charge on any atom is -0.384 e. The molecule has 0 atom stereocenters. The molecule has 6 nitrogen and oxygen atoms in total. The van der Waals surface area contributed by atoms with E-state index in [1.807, 2.05) is 12.1 Å². The standard InChI is InChI=1S/C12H10N6/c13-10(14)9-4-2-6-18-12(9)16-11(17-18)8-3-1-5-15-7-8/h1-7H,(H3,13,14). The van der Waals surface area contributed by atoms with Gasteiger partial charge in [0.05, 0.1) is 5.56 Å². The van der Waals surface area contributed by atoms with E-state index < -0.39 is 0 Å². The van der Waals surface area contributed by atoms with E-state index in [4.69, 9.17) is 11.1 Å². The van der Waals surface area contributed by atoms with Crippen LogP contribution in [0.4, 0.5) is 0 Å². The van der Waals surface area contributed by atoms with E-state index in [0.29, 0.717) is 17.0 Å². The first-order chi connectivity index (χ1) is 8.75. The highest BCUT2D eigenvalue weighted by Gasteiger charge is 2.10. The molecule has 0 aliphatic rings. The van der Waals surface area contributed by atoms with Crippen LogP contribution in [0.25, 0.3) is 17.0 Å². The molecule has 0 aliphatic carbocycles. The monoisotopic (exact) mass is 238 g/mol. The van der Waals surface area contributed by atoms with Crippen LogP contribution in [0.3, 0.4) is 0 Å². The summed E-state index contributed by atoms with van der Waals surface area (Å²) < 4.78 is 1.61. The first-order valence-corrected chi connectivity index (χ1v) is 5.36. The lowest BCUT2D eigenvalue weighted by molar-refractivity contribution is 0.963. The third-order valence-electron chi connectivity index (χ3n) is 2.57. The van der Waals surface area contributed by atoms with Crippen molar-refractivity contribution in [3.05, 3.63) is 48.4 Å². The molecule has 0 spiro atoms. The molecular formula is C12H10N6. The molecule has 3 N–H and O–H groups in total. The van der Waals surface area contributed by atoms with Crippen molar-refractivity contribution in [3.8, 4) is 11.4 Å². The Bertz CT molecular complexity index is 716. The van der Waals surface area contributed by atoms with Gasteiger partial charge < -0.3 is 5.73 Å². The van der Waals surface area contributed by atoms with Crippen molar-refractivity contribution in [2.24, 2.45) is 5.73 Å². The van der Waals surface area contributed by atoms with Crippen LogP contribution in [0, 0.1) is 5.41 Å². The van der Waals surface area contributed by atoms with Crippen molar-refractivity contribution in [2.45, 2.75) is 0 Å². The van der Waals surface area contributed by atoms with Gasteiger partial charge in [0, 0.05) is 24.2 Å². The molecule has 0 bridgehead atoms. The van der Waals surface area contributed by atoms with Gasteiger partial charge in [0.1, 0.15) is 5.84 Å². The van der Waals surface area contributed by atoms with Crippen molar-refractivity contribution in [3.63, 3.8) is 0 Å². The van der Waals surface area contributed by atoms with Crippen molar-refractivity contribution in [2.75, 3.05) is 0 Å². The Morgan fingerprint density at radius 3 is 2.89 bits per heavy atom. The maximum absolute atomic E-state index is 7.52. The van der Waals surface area contributed by atoms with Gasteiger partial charge in [0.15, 0.2) is 11.5 Å². The van der Waals surface area contributed by atoms with Crippen LogP contribution in [0.2, 0.25) is 0 Å². The largest absolute Gasteiger partial charge is 0.384 e. The van der Waals surface area contributed by atoms with Crippen molar-refractivity contribution < 1.29 is 0 Å². The Morgan fingerprint density at radius 1 is 1.28 bits per heavy atom. The third kappa shape index (κ3) is 1.60. The summed E-state index contributed by atoms with van der Waals surface area (Å²) in [6.45, 7) is 0. The van der Waals surface area contributed by atoms with Crippen LogP contribution in [0.1, 0.15) is 5.56 Å². The SMILES string of the molecule is N=C(N)c1cccn2nc(-c3cccnc3)nc12. The van der Waals surface area contributed by atoms with E-state index in [2.05, 4.69) is 15.1 Å². The predicted octanol–water partition coefficient (Wildman–Crippen LogP) is 1.08. The van der Waals surface area contributed by atoms with Gasteiger partial charge in [-0.05, 0) is 24.3 Å². The molecule has 0 amide bonds. The minimum absolute atomic E-state index is 0.0225. The molecule has 88 valence electrons. The zero-order valence-corrected chi connectivity index (χ0v) is 9.41. The quantitative estimate of drug-likeness (QED) is 0.516. The summed E-state index contributed by atoms with van der Waals surface area (Å²) in [5.74, 6) is 0.544. The Balaban J connectivity index is 2.23. The fraction of sp³-hybridized carbons (Fsp3) is 0. The number of amidine groups is 1. The number of rotatable bonds is 2. The van der Waals surface area contributed by atoms with Crippen LogP contribution < -0.4 is 5.73 Å². The number of pyridine rings is 2. The number of aromatic nitrogens is 4. The molecule has 3 aromatic heterocycles. The highest BCUT2D eigenvalue weighted by molar-refractivity contribution is 6.00. The summed E-state index contributed by atoms with van der Waals surface area (Å²) in [6, 6.07) is 7.24. The summed E-state index contributed by atoms with van der Waals surface area (Å²) in [5, 5.41) is 11.9. The van der Waals surface area contributed by atoms with Crippen LogP contribution in [-0.2, 0) is 0 Å². The molecule has 0 aromatic carbocycles. The lowest BCUT2D eigenvalue weighted by Crippen LogP contribution is -2.12. The number of nitrogens with one attached hydrogen (secondary N) is 1. The second-order valence-electron chi connectivity index (χ2n) is 3.78. The fourth-order valence-corrected chi connectivity index (χ4v) is 1.73. The van der Waals surface area contributed by atoms with Gasteiger partial charge in [-0.3, -0.25) is 10.4 Å². The second kappa shape index (κ2) is 3.92. The first kappa shape index (κ1) is 10.4. The van der Waals surface area contributed by atoms with Crippen LogP contribution in [0.5, 0.6) is 0 Å². The van der Waals surface area contributed by atoms with Crippen molar-refractivity contribution >= 4 is 11.5 Å². The number of nitrogen functional groups attached to an aromatic ring is 1. The van der Waals surface area contributed by atoms with E-state index >= 15 is 0 Å². The topological polar surface area (TPSA) is 93.0 Å². The zero-order chi connectivity index (χ0) is 12.5. The van der Waals surface area contributed by atoms with Gasteiger partial charge in [0.25, 0.3) is 0 Å². The van der Waals surface area contributed by atoms with E-state index in [1.165, 1.54) is 0 Å². The molecule has 0 saturated carbocycles. The third-order valence-corrected chi connectivity index (χ3v) is 2.57. The summed E-state index contributed by atoms with van der Waals surface area (Å²) in [4.78, 5) is 8.43. The molecule has 6 heteroatoms. The van der Waals surface area contributed by atoms with E-state index in [-0.39, 0.29) is 5.84 Å². The van der Waals surface area contributed by atoms with Gasteiger partial charge in [0.2, 0.25) is 0 Å². The van der Waals surface area contributed by atoms with Crippen LogP contribution in [-0.4, -0.2) is 25.4 Å². The average molecular weight is 238 g/mol. The molecule has 3 rings (SSSR count). The average Bonchev–Trinajstić information content (AvgIpc) is 2.83. The highest BCUT2D eigenvalue weighted by Crippen LogP contribution is 2.16. The lowest BCUT2D eigenvalue weighted by atomic mass is 10.2. The number of nitrogens with zero attached hydrogens (tertiary/aromatic N) is 4. The lowest BCUT2D eigenvalue weighted by Gasteiger charge is -1.97. The van der Waals surface area contributed by atoms with Crippen molar-refractivity contribution in [1.82, 2.24) is 19.6 Å². The Hall–Kier alpha value is -2.76. The first-order valence-electron chi connectivity index (χ1n) is 5.36. The molecule has 0 radical (unpaired) electrons. The van der Waals surface area contributed by atoms with E-state index in [1.54, 1.807) is 35.2 Å². The van der Waals surface area contributed by atoms with Crippen LogP contribution in [0.15, 0.2) is 42.9 Å². The normalized spacial score (nSPS) is 10.7. The Morgan fingerprint density at radius 2 is 2.17 bits per heavy atom. The Labute approximate surface area is 103 Å². The van der Waals surface area contributed by atoms with Crippen molar-refractivity contribution in [1.29, 1.82) is 5.41 Å². The predicted molar refractivity (Wildman–Crippen MR) is 67.2 cm³/mol. The van der Waals surface area contributed by atoms with Gasteiger partial charge >= 0.3 is 0 Å². The molecule has 0 aliphatic heterocycles. The molecule has 0 fully saturated rings.